The molecule has 0 aromatic heterocycles. The smallest absolute Gasteiger partial charge is 0.396 e. The Morgan fingerprint density at radius 3 is 2.38 bits per heavy atom. The molecule has 2 saturated heterocycles. The average Bonchev–Trinajstić information content (AvgIpc) is 3.18. The fourth-order valence-corrected chi connectivity index (χ4v) is 7.24. The third kappa shape index (κ3) is 4.84. The summed E-state index contributed by atoms with van der Waals surface area (Å²) < 4.78 is 41.7. The van der Waals surface area contributed by atoms with Crippen molar-refractivity contribution in [1.29, 1.82) is 0 Å². The third-order valence-electron chi connectivity index (χ3n) is 8.82. The lowest BCUT2D eigenvalue weighted by molar-refractivity contribution is -0.142. The number of aliphatic hydroxyl groups excluding tert-OH is 2. The van der Waals surface area contributed by atoms with Gasteiger partial charge in [0, 0.05) is 44.3 Å². The Kier molecular flexibility index (Phi) is 8.45. The number of hydrogen-bond donors (Lipinski definition) is 3. The predicted octanol–water partition coefficient (Wildman–Crippen LogP) is 4.67. The van der Waals surface area contributed by atoms with Crippen LogP contribution in [0.3, 0.4) is 0 Å². The van der Waals surface area contributed by atoms with Gasteiger partial charge in [0.25, 0.3) is 0 Å². The Morgan fingerprint density at radius 2 is 1.80 bits per heavy atom. The van der Waals surface area contributed by atoms with Crippen molar-refractivity contribution >= 4 is 23.5 Å². The average molecular weight is 582 g/mol. The van der Waals surface area contributed by atoms with Crippen LogP contribution in [0, 0.1) is 12.3 Å². The normalized spacial score (nSPS) is 23.2. The molecule has 2 aromatic carbocycles. The van der Waals surface area contributed by atoms with E-state index in [4.69, 9.17) is 11.6 Å². The highest BCUT2D eigenvalue weighted by Gasteiger charge is 2.64. The van der Waals surface area contributed by atoms with Crippen molar-refractivity contribution in [3.63, 3.8) is 0 Å². The summed E-state index contributed by atoms with van der Waals surface area (Å²) in [6.45, 7) is 3.42. The number of alkyl halides is 3. The Labute approximate surface area is 236 Å². The second kappa shape index (κ2) is 11.2. The first-order valence-corrected chi connectivity index (χ1v) is 13.7. The molecule has 40 heavy (non-hydrogen) atoms. The van der Waals surface area contributed by atoms with Crippen LogP contribution in [0.15, 0.2) is 42.5 Å². The van der Waals surface area contributed by atoms with Crippen molar-refractivity contribution in [1.82, 2.24) is 15.1 Å². The second-order valence-corrected chi connectivity index (χ2v) is 11.2. The number of hydrogen-bond acceptors (Lipinski definition) is 4. The van der Waals surface area contributed by atoms with E-state index in [1.54, 1.807) is 16.7 Å². The number of benzene rings is 2. The Hall–Kier alpha value is -2.82. The molecule has 218 valence electrons. The molecule has 2 aliphatic rings. The molecule has 3 atom stereocenters. The summed E-state index contributed by atoms with van der Waals surface area (Å²) in [6, 6.07) is 9.69. The number of halogens is 4. The fourth-order valence-electron chi connectivity index (χ4n) is 7.00. The zero-order valence-corrected chi connectivity index (χ0v) is 23.5. The summed E-state index contributed by atoms with van der Waals surface area (Å²) in [6.07, 6.45) is -4.21. The van der Waals surface area contributed by atoms with Crippen molar-refractivity contribution in [2.45, 2.75) is 56.8 Å². The zero-order chi connectivity index (χ0) is 29.5. The van der Waals surface area contributed by atoms with Gasteiger partial charge in [-0.3, -0.25) is 4.79 Å². The molecule has 11 heteroatoms. The van der Waals surface area contributed by atoms with Gasteiger partial charge < -0.3 is 25.3 Å². The summed E-state index contributed by atoms with van der Waals surface area (Å²) in [7, 11) is 1.49. The molecule has 4 rings (SSSR count). The van der Waals surface area contributed by atoms with Gasteiger partial charge in [0.05, 0.1) is 22.6 Å². The van der Waals surface area contributed by atoms with Gasteiger partial charge in [0.15, 0.2) is 0 Å². The topological polar surface area (TPSA) is 93.1 Å². The lowest BCUT2D eigenvalue weighted by Gasteiger charge is -2.57. The molecule has 0 saturated carbocycles. The van der Waals surface area contributed by atoms with E-state index in [0.29, 0.717) is 5.56 Å². The van der Waals surface area contributed by atoms with Gasteiger partial charge in [0.2, 0.25) is 5.91 Å². The lowest BCUT2D eigenvalue weighted by Crippen LogP contribution is -2.69. The number of rotatable bonds is 7. The number of piperazine rings is 1. The molecular formula is C29H35ClF3N3O4. The maximum Gasteiger partial charge on any atom is 0.416 e. The number of amides is 3. The maximum absolute atomic E-state index is 14.0. The number of aryl methyl sites for hydroxylation is 1. The van der Waals surface area contributed by atoms with E-state index in [2.05, 4.69) is 5.32 Å². The van der Waals surface area contributed by atoms with Crippen molar-refractivity contribution < 1.29 is 33.0 Å². The van der Waals surface area contributed by atoms with E-state index in [1.165, 1.54) is 13.1 Å². The van der Waals surface area contributed by atoms with Gasteiger partial charge >= 0.3 is 12.2 Å². The number of carbonyl (C=O) groups is 2. The molecule has 3 N–H and O–H groups in total. The molecule has 0 radical (unpaired) electrons. The first-order chi connectivity index (χ1) is 18.9. The molecule has 2 aromatic rings. The van der Waals surface area contributed by atoms with Gasteiger partial charge in [-0.1, -0.05) is 42.8 Å². The van der Waals surface area contributed by atoms with E-state index in [1.807, 2.05) is 31.2 Å². The van der Waals surface area contributed by atoms with E-state index in [-0.39, 0.29) is 62.1 Å². The Bertz CT molecular complexity index is 1270. The van der Waals surface area contributed by atoms with E-state index < -0.39 is 40.7 Å². The van der Waals surface area contributed by atoms with Gasteiger partial charge in [0.1, 0.15) is 0 Å². The minimum Gasteiger partial charge on any atom is -0.396 e. The largest absolute Gasteiger partial charge is 0.416 e. The molecule has 0 aliphatic carbocycles. The van der Waals surface area contributed by atoms with Crippen molar-refractivity contribution in [3.8, 4) is 0 Å². The molecule has 2 fully saturated rings. The summed E-state index contributed by atoms with van der Waals surface area (Å²) >= 11 is 6.24. The molecule has 2 aliphatic heterocycles. The molecule has 3 amide bonds. The molecule has 2 heterocycles. The SMILES string of the molecule is CNC(=O)N1CCN2C(=O)C(CCO)(CCO)CC2C1(c1ccccc1C)[C@H](C)c1cc(Cl)cc(C(F)(F)F)c1. The fraction of sp³-hybridized carbons (Fsp3) is 0.517. The van der Waals surface area contributed by atoms with Crippen LogP contribution in [0.25, 0.3) is 0 Å². The standard InChI is InChI=1S/C29H35ClF3N3O4/c1-18-6-4-5-7-23(18)28(19(2)20-14-21(29(31,32)33)16-22(30)15-20)24-17-27(8-12-37,9-13-38)25(39)35(24)10-11-36(28)26(40)34-3/h4-7,14-16,19,24,37-38H,8-13,17H2,1-3H3,(H,34,40)/t19-,24?,28?/m1/s1. The lowest BCUT2D eigenvalue weighted by atomic mass is 9.64. The molecule has 7 nitrogen and oxygen atoms in total. The highest BCUT2D eigenvalue weighted by molar-refractivity contribution is 6.30. The number of nitrogens with zero attached hydrogens (tertiary/aromatic N) is 2. The van der Waals surface area contributed by atoms with Crippen molar-refractivity contribution in [2.75, 3.05) is 33.4 Å². The minimum atomic E-state index is -4.64. The highest BCUT2D eigenvalue weighted by atomic mass is 35.5. The summed E-state index contributed by atoms with van der Waals surface area (Å²) in [5.41, 5.74) is -1.51. The molecule has 0 spiro atoms. The summed E-state index contributed by atoms with van der Waals surface area (Å²) in [5, 5.41) is 22.4. The number of urea groups is 1. The second-order valence-electron chi connectivity index (χ2n) is 10.8. The quantitative estimate of drug-likeness (QED) is 0.443. The third-order valence-corrected chi connectivity index (χ3v) is 9.04. The van der Waals surface area contributed by atoms with Crippen LogP contribution >= 0.6 is 11.6 Å². The van der Waals surface area contributed by atoms with Gasteiger partial charge in [-0.25, -0.2) is 4.79 Å². The predicted molar refractivity (Wildman–Crippen MR) is 145 cm³/mol. The number of carbonyl (C=O) groups excluding carboxylic acids is 2. The van der Waals surface area contributed by atoms with Crippen molar-refractivity contribution in [2.24, 2.45) is 5.41 Å². The maximum atomic E-state index is 14.0. The van der Waals surface area contributed by atoms with E-state index >= 15 is 0 Å². The Morgan fingerprint density at radius 1 is 1.15 bits per heavy atom. The summed E-state index contributed by atoms with van der Waals surface area (Å²) in [5.74, 6) is -0.991. The monoisotopic (exact) mass is 581 g/mol. The van der Waals surface area contributed by atoms with E-state index in [9.17, 15) is 33.0 Å². The van der Waals surface area contributed by atoms with E-state index in [0.717, 1.165) is 17.7 Å². The van der Waals surface area contributed by atoms with Crippen LogP contribution in [0.1, 0.15) is 54.4 Å². The van der Waals surface area contributed by atoms with Crippen LogP contribution in [0.4, 0.5) is 18.0 Å². The van der Waals surface area contributed by atoms with Crippen LogP contribution in [0.5, 0.6) is 0 Å². The summed E-state index contributed by atoms with van der Waals surface area (Å²) in [4.78, 5) is 30.9. The Balaban J connectivity index is 2.06. The van der Waals surface area contributed by atoms with Crippen molar-refractivity contribution in [3.05, 3.63) is 69.7 Å². The van der Waals surface area contributed by atoms with Crippen LogP contribution < -0.4 is 5.32 Å². The zero-order valence-electron chi connectivity index (χ0n) is 22.8. The first kappa shape index (κ1) is 30.1. The number of fused-ring (bicyclic) bond motifs is 1. The van der Waals surface area contributed by atoms with Crippen LogP contribution in [-0.2, 0) is 16.5 Å². The van der Waals surface area contributed by atoms with Gasteiger partial charge in [-0.15, -0.1) is 0 Å². The van der Waals surface area contributed by atoms with Crippen LogP contribution in [0.2, 0.25) is 5.02 Å². The number of nitrogens with one attached hydrogen (secondary N) is 1. The molecule has 0 bridgehead atoms. The number of aliphatic hydroxyl groups is 2. The van der Waals surface area contributed by atoms with Gasteiger partial charge in [-0.05, 0) is 61.1 Å². The highest BCUT2D eigenvalue weighted by Crippen LogP contribution is 2.57. The van der Waals surface area contributed by atoms with Gasteiger partial charge in [-0.2, -0.15) is 13.2 Å². The molecular weight excluding hydrogens is 547 g/mol. The molecule has 2 unspecified atom stereocenters. The minimum absolute atomic E-state index is 0.0897. The van der Waals surface area contributed by atoms with Crippen LogP contribution in [-0.4, -0.2) is 71.3 Å². The first-order valence-electron chi connectivity index (χ1n) is 13.3.